The van der Waals surface area contributed by atoms with Gasteiger partial charge in [0.1, 0.15) is 11.6 Å². The fraction of sp³-hybridized carbons (Fsp3) is 0.381. The number of anilines is 2. The van der Waals surface area contributed by atoms with Crippen LogP contribution in [-0.4, -0.2) is 38.0 Å². The fourth-order valence-electron chi connectivity index (χ4n) is 3.26. The SMILES string of the molecule is CC(SCC(=O)Nc1cc(C(F)(F)F)ccc1N1CCOCC1)c1c(F)cccc1F. The van der Waals surface area contributed by atoms with Crippen LogP contribution in [0.5, 0.6) is 0 Å². The molecular weight excluding hydrogens is 439 g/mol. The van der Waals surface area contributed by atoms with E-state index < -0.39 is 34.5 Å². The molecule has 2 aromatic carbocycles. The molecule has 1 heterocycles. The molecule has 0 spiro atoms. The quantitative estimate of drug-likeness (QED) is 0.598. The van der Waals surface area contributed by atoms with Crippen molar-refractivity contribution in [1.29, 1.82) is 0 Å². The summed E-state index contributed by atoms with van der Waals surface area (Å²) in [6, 6.07) is 6.71. The number of alkyl halides is 3. The van der Waals surface area contributed by atoms with Gasteiger partial charge in [-0.05, 0) is 37.3 Å². The van der Waals surface area contributed by atoms with Gasteiger partial charge in [-0.3, -0.25) is 4.79 Å². The molecule has 1 unspecified atom stereocenters. The summed E-state index contributed by atoms with van der Waals surface area (Å²) in [6.45, 7) is 3.37. The van der Waals surface area contributed by atoms with Crippen LogP contribution in [0.3, 0.4) is 0 Å². The number of nitrogens with one attached hydrogen (secondary N) is 1. The van der Waals surface area contributed by atoms with Crippen molar-refractivity contribution in [2.75, 3.05) is 42.3 Å². The number of amides is 1. The average molecular weight is 460 g/mol. The zero-order valence-electron chi connectivity index (χ0n) is 16.6. The van der Waals surface area contributed by atoms with Gasteiger partial charge in [-0.15, -0.1) is 11.8 Å². The van der Waals surface area contributed by atoms with Crippen molar-refractivity contribution in [3.8, 4) is 0 Å². The lowest BCUT2D eigenvalue weighted by Crippen LogP contribution is -2.37. The van der Waals surface area contributed by atoms with Crippen LogP contribution in [0.25, 0.3) is 0 Å². The predicted octanol–water partition coefficient (Wildman–Crippen LogP) is 5.25. The van der Waals surface area contributed by atoms with Gasteiger partial charge in [-0.1, -0.05) is 6.07 Å². The number of hydrogen-bond acceptors (Lipinski definition) is 4. The minimum atomic E-state index is -4.56. The van der Waals surface area contributed by atoms with Gasteiger partial charge in [-0.2, -0.15) is 13.2 Å². The molecule has 0 aromatic heterocycles. The van der Waals surface area contributed by atoms with Crippen LogP contribution < -0.4 is 10.2 Å². The van der Waals surface area contributed by atoms with Crippen LogP contribution in [0.2, 0.25) is 0 Å². The van der Waals surface area contributed by atoms with E-state index in [0.717, 1.165) is 36.0 Å². The van der Waals surface area contributed by atoms with Crippen LogP contribution in [0.15, 0.2) is 36.4 Å². The molecule has 1 N–H and O–H groups in total. The Morgan fingerprint density at radius 2 is 1.81 bits per heavy atom. The summed E-state index contributed by atoms with van der Waals surface area (Å²) in [5.74, 6) is -2.18. The summed E-state index contributed by atoms with van der Waals surface area (Å²) in [5.41, 5.74) is -0.530. The number of carbonyl (C=O) groups excluding carboxylic acids is 1. The fourth-order valence-corrected chi connectivity index (χ4v) is 4.13. The molecule has 2 aromatic rings. The lowest BCUT2D eigenvalue weighted by molar-refractivity contribution is -0.137. The molecule has 1 aliphatic heterocycles. The van der Waals surface area contributed by atoms with Crippen LogP contribution in [-0.2, 0) is 15.7 Å². The number of morpholine rings is 1. The number of rotatable bonds is 6. The summed E-state index contributed by atoms with van der Waals surface area (Å²) in [7, 11) is 0. The second-order valence-corrected chi connectivity index (χ2v) is 8.29. The van der Waals surface area contributed by atoms with E-state index in [2.05, 4.69) is 5.32 Å². The summed E-state index contributed by atoms with van der Waals surface area (Å²) in [5, 5.41) is 1.87. The van der Waals surface area contributed by atoms with Gasteiger partial charge in [-0.25, -0.2) is 8.78 Å². The first kappa shape index (κ1) is 23.3. The molecule has 4 nitrogen and oxygen atoms in total. The number of hydrogen-bond donors (Lipinski definition) is 1. The zero-order chi connectivity index (χ0) is 22.6. The lowest BCUT2D eigenvalue weighted by atomic mass is 10.1. The van der Waals surface area contributed by atoms with E-state index in [1.807, 2.05) is 4.90 Å². The maximum Gasteiger partial charge on any atom is 0.416 e. The van der Waals surface area contributed by atoms with Crippen LogP contribution in [0.4, 0.5) is 33.3 Å². The molecule has 1 atom stereocenters. The second kappa shape index (κ2) is 9.86. The number of ether oxygens (including phenoxy) is 1. The van der Waals surface area contributed by atoms with Crippen LogP contribution in [0.1, 0.15) is 23.3 Å². The molecule has 168 valence electrons. The number of carbonyl (C=O) groups is 1. The predicted molar refractivity (Wildman–Crippen MR) is 110 cm³/mol. The normalized spacial score (nSPS) is 15.6. The van der Waals surface area contributed by atoms with Crippen LogP contribution in [0, 0.1) is 11.6 Å². The molecule has 0 aliphatic carbocycles. The van der Waals surface area contributed by atoms with Crippen molar-refractivity contribution in [3.05, 3.63) is 59.2 Å². The largest absolute Gasteiger partial charge is 0.416 e. The maximum atomic E-state index is 13.9. The van der Waals surface area contributed by atoms with E-state index in [4.69, 9.17) is 4.74 Å². The zero-order valence-corrected chi connectivity index (χ0v) is 17.5. The number of thioether (sulfide) groups is 1. The third-order valence-corrected chi connectivity index (χ3v) is 5.98. The summed E-state index contributed by atoms with van der Waals surface area (Å²) >= 11 is 0.989. The van der Waals surface area contributed by atoms with Crippen molar-refractivity contribution in [3.63, 3.8) is 0 Å². The summed E-state index contributed by atoms with van der Waals surface area (Å²) in [6.07, 6.45) is -4.56. The van der Waals surface area contributed by atoms with E-state index in [9.17, 15) is 26.7 Å². The minimum absolute atomic E-state index is 0.0343. The Morgan fingerprint density at radius 3 is 2.42 bits per heavy atom. The highest BCUT2D eigenvalue weighted by atomic mass is 32.2. The first-order valence-corrected chi connectivity index (χ1v) is 10.6. The van der Waals surface area contributed by atoms with E-state index in [1.54, 1.807) is 6.92 Å². The number of benzene rings is 2. The standard InChI is InChI=1S/C21H21F5N2O2S/c1-13(20-15(22)3-2-4-16(20)23)31-12-19(29)27-17-11-14(21(24,25)26)5-6-18(17)28-7-9-30-10-8-28/h2-6,11,13H,7-10,12H2,1H3,(H,27,29). The van der Waals surface area contributed by atoms with Gasteiger partial charge < -0.3 is 15.0 Å². The first-order valence-electron chi connectivity index (χ1n) is 9.56. The summed E-state index contributed by atoms with van der Waals surface area (Å²) < 4.78 is 72.6. The van der Waals surface area contributed by atoms with Crippen molar-refractivity contribution < 1.29 is 31.5 Å². The molecule has 1 aliphatic rings. The Kier molecular flexibility index (Phi) is 7.42. The van der Waals surface area contributed by atoms with Crippen LogP contribution >= 0.6 is 11.8 Å². The van der Waals surface area contributed by atoms with E-state index in [-0.39, 0.29) is 17.0 Å². The third kappa shape index (κ3) is 5.88. The Balaban J connectivity index is 1.74. The molecular formula is C21H21F5N2O2S. The second-order valence-electron chi connectivity index (χ2n) is 6.97. The lowest BCUT2D eigenvalue weighted by Gasteiger charge is -2.31. The van der Waals surface area contributed by atoms with Gasteiger partial charge >= 0.3 is 6.18 Å². The Bertz CT molecular complexity index is 912. The monoisotopic (exact) mass is 460 g/mol. The minimum Gasteiger partial charge on any atom is -0.378 e. The Morgan fingerprint density at radius 1 is 1.16 bits per heavy atom. The van der Waals surface area contributed by atoms with E-state index >= 15 is 0 Å². The highest BCUT2D eigenvalue weighted by Crippen LogP contribution is 2.36. The topological polar surface area (TPSA) is 41.6 Å². The Hall–Kier alpha value is -2.33. The van der Waals surface area contributed by atoms with Gasteiger partial charge in [0.15, 0.2) is 0 Å². The number of halogens is 5. The van der Waals surface area contributed by atoms with Crippen molar-refractivity contribution >= 4 is 29.0 Å². The summed E-state index contributed by atoms with van der Waals surface area (Å²) in [4.78, 5) is 14.3. The molecule has 1 saturated heterocycles. The maximum absolute atomic E-state index is 13.9. The average Bonchev–Trinajstić information content (AvgIpc) is 2.72. The number of nitrogens with zero attached hydrogens (tertiary/aromatic N) is 1. The smallest absolute Gasteiger partial charge is 0.378 e. The van der Waals surface area contributed by atoms with Gasteiger partial charge in [0.25, 0.3) is 0 Å². The molecule has 10 heteroatoms. The van der Waals surface area contributed by atoms with Crippen molar-refractivity contribution in [2.24, 2.45) is 0 Å². The van der Waals surface area contributed by atoms with Gasteiger partial charge in [0.05, 0.1) is 35.9 Å². The molecule has 31 heavy (non-hydrogen) atoms. The third-order valence-electron chi connectivity index (χ3n) is 4.82. The van der Waals surface area contributed by atoms with Crippen molar-refractivity contribution in [2.45, 2.75) is 18.3 Å². The molecule has 1 fully saturated rings. The molecule has 0 radical (unpaired) electrons. The highest BCUT2D eigenvalue weighted by molar-refractivity contribution is 8.00. The highest BCUT2D eigenvalue weighted by Gasteiger charge is 2.32. The van der Waals surface area contributed by atoms with Crippen molar-refractivity contribution in [1.82, 2.24) is 0 Å². The molecule has 1 amide bonds. The molecule has 0 bridgehead atoms. The Labute approximate surface area is 180 Å². The molecule has 0 saturated carbocycles. The van der Waals surface area contributed by atoms with E-state index in [1.165, 1.54) is 12.1 Å². The van der Waals surface area contributed by atoms with Gasteiger partial charge in [0, 0.05) is 23.9 Å². The van der Waals surface area contributed by atoms with E-state index in [0.29, 0.717) is 32.0 Å². The molecule has 3 rings (SSSR count). The van der Waals surface area contributed by atoms with Gasteiger partial charge in [0.2, 0.25) is 5.91 Å². The first-order chi connectivity index (χ1) is 14.7.